The molecule has 0 aromatic heterocycles. The molecule has 504 valence electrons. The first kappa shape index (κ1) is 82.6. The fourth-order valence-corrected chi connectivity index (χ4v) is 11.0. The molecule has 35 nitrogen and oxygen atoms in total. The molecule has 21 saturated heterocycles. The van der Waals surface area contributed by atoms with Crippen molar-refractivity contribution in [2.75, 3.05) is 45.8 Å². The molecule has 21 aliphatic heterocycles. The normalized spacial score (nSPS) is 50.8. The fourth-order valence-electron chi connectivity index (χ4n) is 11.0. The summed E-state index contributed by atoms with van der Waals surface area (Å²) in [6.45, 7) is -1.23. The van der Waals surface area contributed by atoms with Crippen LogP contribution in [0.1, 0.15) is 0 Å². The molecule has 0 amide bonds. The first-order valence-electron chi connectivity index (χ1n) is 25.9. The predicted octanol–water partition coefficient (Wildman–Crippen LogP) is -41.5. The van der Waals surface area contributed by atoms with E-state index in [0.717, 1.165) is 0 Å². The number of hydrogen-bond acceptors (Lipinski definition) is 28. The van der Waals surface area contributed by atoms with Gasteiger partial charge in [0.1, 0.15) is 217 Å². The summed E-state index contributed by atoms with van der Waals surface area (Å²) in [5.41, 5.74) is 26.9. The number of quaternary nitrogens is 7. The minimum atomic E-state index is -1.97. The zero-order chi connectivity index (χ0) is 56.1. The smallest absolute Gasteiger partial charge is 0.187 e. The van der Waals surface area contributed by atoms with Gasteiger partial charge in [0.05, 0.1) is 0 Å². The maximum Gasteiger partial charge on any atom is 0.187 e. The number of hydrogen-bond donors (Lipinski definition) is 21. The molecule has 21 fully saturated rings. The Morgan fingerprint density at radius 1 is 0.167 bits per heavy atom. The Kier molecular flexibility index (Phi) is 35.0. The molecule has 0 aromatic carbocycles. The third-order valence-electron chi connectivity index (χ3n) is 15.5. The molecular formula is C42H84Cl7N7O28. The van der Waals surface area contributed by atoms with Crippen molar-refractivity contribution in [2.24, 2.45) is 0 Å². The lowest BCUT2D eigenvalue weighted by atomic mass is 9.95. The minimum absolute atomic E-state index is 0. The summed E-state index contributed by atoms with van der Waals surface area (Å²) in [4.78, 5) is 0. The monoisotopic (exact) mass is 1380 g/mol. The van der Waals surface area contributed by atoms with Crippen LogP contribution >= 0.6 is 0 Å². The Hall–Kier alpha value is 0.630. The summed E-state index contributed by atoms with van der Waals surface area (Å²) < 4.78 is 83.9. The third kappa shape index (κ3) is 16.5. The Balaban J connectivity index is 0.00000504. The summed E-state index contributed by atoms with van der Waals surface area (Å²) in [5, 5.41) is 161. The van der Waals surface area contributed by atoms with Crippen molar-refractivity contribution in [1.82, 2.24) is 0 Å². The van der Waals surface area contributed by atoms with Crippen LogP contribution in [0.4, 0.5) is 0 Å². The van der Waals surface area contributed by atoms with Gasteiger partial charge in [0, 0.05) is 0 Å². The van der Waals surface area contributed by atoms with Crippen LogP contribution in [0.15, 0.2) is 0 Å². The number of aliphatic hydroxyl groups excluding tert-OH is 14. The van der Waals surface area contributed by atoms with Gasteiger partial charge in [-0.15, -0.1) is 0 Å². The molecule has 35 atom stereocenters. The lowest BCUT2D eigenvalue weighted by molar-refractivity contribution is -0.455. The van der Waals surface area contributed by atoms with Gasteiger partial charge >= 0.3 is 0 Å². The van der Waals surface area contributed by atoms with Gasteiger partial charge in [-0.3, -0.25) is 0 Å². The summed E-state index contributed by atoms with van der Waals surface area (Å²) in [5.74, 6) is 0. The molecule has 21 rings (SSSR count). The van der Waals surface area contributed by atoms with Crippen molar-refractivity contribution in [1.29, 1.82) is 0 Å². The molecule has 21 aliphatic rings. The van der Waals surface area contributed by atoms with Gasteiger partial charge in [-0.1, -0.05) is 0 Å². The summed E-state index contributed by atoms with van der Waals surface area (Å²) in [6, 6.07) is 0. The van der Waals surface area contributed by atoms with Gasteiger partial charge in [-0.05, 0) is 0 Å². The minimum Gasteiger partial charge on any atom is -1.00 e. The second-order valence-corrected chi connectivity index (χ2v) is 20.4. The van der Waals surface area contributed by atoms with Crippen molar-refractivity contribution in [2.45, 2.75) is 215 Å². The molecule has 0 aliphatic carbocycles. The van der Waals surface area contributed by atoms with Crippen LogP contribution in [-0.4, -0.2) is 332 Å². The van der Waals surface area contributed by atoms with Crippen molar-refractivity contribution >= 4 is 0 Å². The van der Waals surface area contributed by atoms with Gasteiger partial charge < -0.3 is 265 Å². The van der Waals surface area contributed by atoms with Crippen LogP contribution in [0.2, 0.25) is 0 Å². The number of rotatable bonds is 7. The second kappa shape index (κ2) is 35.6. The highest BCUT2D eigenvalue weighted by atomic mass is 35.5. The van der Waals surface area contributed by atoms with Gasteiger partial charge in [0.2, 0.25) is 0 Å². The lowest BCUT2D eigenvalue weighted by Gasteiger charge is -2.49. The van der Waals surface area contributed by atoms with Crippen molar-refractivity contribution in [3.8, 4) is 0 Å². The Bertz CT molecular complexity index is 1530. The maximum atomic E-state index is 11.5. The van der Waals surface area contributed by atoms with Crippen molar-refractivity contribution < 1.29 is 265 Å². The molecule has 0 unspecified atom stereocenters. The average Bonchev–Trinajstić information content (AvgIpc) is 3.45. The van der Waals surface area contributed by atoms with Crippen LogP contribution < -0.4 is 127 Å². The second-order valence-electron chi connectivity index (χ2n) is 20.4. The molecule has 14 bridgehead atoms. The molecule has 35 N–H and O–H groups in total. The number of halogens is 7. The first-order valence-corrected chi connectivity index (χ1v) is 25.9. The maximum absolute atomic E-state index is 11.5. The zero-order valence-electron chi connectivity index (χ0n) is 44.7. The van der Waals surface area contributed by atoms with E-state index < -0.39 is 215 Å². The number of aliphatic hydroxyl groups is 14. The van der Waals surface area contributed by atoms with Crippen molar-refractivity contribution in [3.63, 3.8) is 0 Å². The summed E-state index contributed by atoms with van der Waals surface area (Å²) in [6.07, 6.45) is -58.9. The molecular weight excluding hydrogens is 1300 g/mol. The zero-order valence-corrected chi connectivity index (χ0v) is 50.0. The highest BCUT2D eigenvalue weighted by molar-refractivity contribution is 5.01. The van der Waals surface area contributed by atoms with E-state index in [0.29, 0.717) is 0 Å². The van der Waals surface area contributed by atoms with Gasteiger partial charge in [0.25, 0.3) is 0 Å². The van der Waals surface area contributed by atoms with E-state index >= 15 is 0 Å². The lowest BCUT2D eigenvalue weighted by Crippen LogP contribution is -3.00. The van der Waals surface area contributed by atoms with Crippen LogP contribution in [0.3, 0.4) is 0 Å². The largest absolute Gasteiger partial charge is 1.00 e. The standard InChI is InChI=1S/C42H77N7O28.7ClH/c43-1-8-29-15(50)22(57)36(64-8)72-30-9(2-44)66-38(24(59)17(30)52)74-32-11(4-46)68-40(26(61)19(32)54)76-34-13(6-48)70-42(28(63)21(34)56)77-35-14(7-49)69-41(27(62)20(35)55)75-33-12(5-47)67-39(25(60)18(33)53)73-31-10(3-45)65-37(71-29)23(58)16(31)51;;;;;;;/h8-42,50-63H,1-7,43-49H2;7*1H/t8-,9-,10-,11-,12-,13-,14-,15-,16-,17-,18-,19-,20-,21-,22-,23-,24-,25-,26-,27-,28-,29-,30-,31-,32-,33-,34-,35-,36-,37-,38-,39-,40-,41-,42-;;;;;;;/m1......./s1. The van der Waals surface area contributed by atoms with Crippen molar-refractivity contribution in [3.05, 3.63) is 0 Å². The molecule has 0 aromatic rings. The van der Waals surface area contributed by atoms with E-state index in [2.05, 4.69) is 40.1 Å². The van der Waals surface area contributed by atoms with Gasteiger partial charge in [-0.2, -0.15) is 0 Å². The van der Waals surface area contributed by atoms with Crippen LogP contribution in [0.5, 0.6) is 0 Å². The highest BCUT2D eigenvalue weighted by Gasteiger charge is 2.60. The first-order chi connectivity index (χ1) is 36.7. The Morgan fingerprint density at radius 3 is 0.345 bits per heavy atom. The number of ether oxygens (including phenoxy) is 14. The molecule has 42 heteroatoms. The predicted molar refractivity (Wildman–Crippen MR) is 233 cm³/mol. The van der Waals surface area contributed by atoms with Crippen LogP contribution in [-0.2, 0) is 66.3 Å². The van der Waals surface area contributed by atoms with E-state index in [1.54, 1.807) is 0 Å². The fraction of sp³-hybridized carbons (Fsp3) is 1.00. The third-order valence-corrected chi connectivity index (χ3v) is 15.5. The molecule has 0 radical (unpaired) electrons. The van der Waals surface area contributed by atoms with E-state index in [1.807, 2.05) is 0 Å². The highest BCUT2D eigenvalue weighted by Crippen LogP contribution is 2.38. The van der Waals surface area contributed by atoms with E-state index in [9.17, 15) is 71.5 Å². The SMILES string of the molecule is [Cl-].[Cl-].[Cl-].[Cl-].[Cl-].[Cl-].[Cl-].[NH3+]C[C@H]1O[C@@H]2O[C@H]3[C@H](O)[C@@H](O)[C@@H](O[C@H]4[C@H](O)[C@@H](O)[C@@H](O[C@H]5[C@H](O)[C@@H](O)[C@@H](O[C@H]6[C@H](O)[C@@H](O)[C@@H](O[C@H]7[C@H](O)[C@@H](O)[C@@H](O[C@H]8[C@H](O)[C@@H](O)[C@@H](O[C@H]1[C@H](O)[C@H]2O)O[C@@H]8C[NH3+])O[C@@H]7C[NH3+])O[C@@H]6C[NH3+])O[C@@H]5C[NH3+])O[C@@H]4C[NH3+])O[C@@H]3C[NH3+]. The average molecular weight is 1380 g/mol. The molecule has 0 spiro atoms. The van der Waals surface area contributed by atoms with Crippen LogP contribution in [0, 0.1) is 0 Å². The van der Waals surface area contributed by atoms with E-state index in [4.69, 9.17) is 66.3 Å². The van der Waals surface area contributed by atoms with Crippen LogP contribution in [0.25, 0.3) is 0 Å². The molecule has 0 saturated carbocycles. The van der Waals surface area contributed by atoms with Gasteiger partial charge in [-0.25, -0.2) is 0 Å². The topological polar surface area (TPSA) is 606 Å². The quantitative estimate of drug-likeness (QED) is 0.113. The Morgan fingerprint density at radius 2 is 0.262 bits per heavy atom. The van der Waals surface area contributed by atoms with E-state index in [-0.39, 0.29) is 133 Å². The summed E-state index contributed by atoms with van der Waals surface area (Å²) >= 11 is 0. The van der Waals surface area contributed by atoms with E-state index in [1.165, 1.54) is 0 Å². The summed E-state index contributed by atoms with van der Waals surface area (Å²) in [7, 11) is 0. The Labute approximate surface area is 523 Å². The van der Waals surface area contributed by atoms with Gasteiger partial charge in [0.15, 0.2) is 44.0 Å². The molecule has 21 heterocycles. The molecule has 84 heavy (non-hydrogen) atoms.